The molecule has 0 radical (unpaired) electrons. The largest absolute Gasteiger partial charge is 0.480 e. The molecule has 8 heteroatoms. The summed E-state index contributed by atoms with van der Waals surface area (Å²) in [6.45, 7) is 7.48. The van der Waals surface area contributed by atoms with Crippen LogP contribution < -0.4 is 16.0 Å². The van der Waals surface area contributed by atoms with Crippen LogP contribution in [0.5, 0.6) is 0 Å². The first-order chi connectivity index (χ1) is 16.7. The van der Waals surface area contributed by atoms with Gasteiger partial charge in [-0.25, -0.2) is 14.0 Å². The van der Waals surface area contributed by atoms with Crippen molar-refractivity contribution in [1.29, 1.82) is 0 Å². The molecule has 0 aliphatic heterocycles. The van der Waals surface area contributed by atoms with E-state index in [0.29, 0.717) is 12.1 Å². The lowest BCUT2D eigenvalue weighted by molar-refractivity contribution is -0.141. The molecule has 0 saturated heterocycles. The average Bonchev–Trinajstić information content (AvgIpc) is 2.80. The van der Waals surface area contributed by atoms with Crippen LogP contribution in [0.2, 0.25) is 0 Å². The minimum Gasteiger partial charge on any atom is -0.480 e. The van der Waals surface area contributed by atoms with Crippen molar-refractivity contribution >= 4 is 29.3 Å². The zero-order valence-electron chi connectivity index (χ0n) is 20.1. The molecule has 35 heavy (non-hydrogen) atoms. The van der Waals surface area contributed by atoms with Gasteiger partial charge in [-0.15, -0.1) is 6.58 Å². The van der Waals surface area contributed by atoms with Crippen LogP contribution in [0.15, 0.2) is 43.0 Å². The molecule has 1 atom stereocenters. The number of anilines is 2. The normalized spacial score (nSPS) is 14.6. The quantitative estimate of drug-likeness (QED) is 0.369. The number of rotatable bonds is 8. The molecule has 0 bridgehead atoms. The summed E-state index contributed by atoms with van der Waals surface area (Å²) in [5.74, 6) is -2.59. The van der Waals surface area contributed by atoms with E-state index in [0.717, 1.165) is 60.9 Å². The predicted octanol–water partition coefficient (Wildman–Crippen LogP) is 5.58. The summed E-state index contributed by atoms with van der Waals surface area (Å²) in [5, 5.41) is 17.6. The molecule has 2 aromatic rings. The second-order valence-corrected chi connectivity index (χ2v) is 9.05. The fourth-order valence-corrected chi connectivity index (χ4v) is 4.69. The molecule has 3 amide bonds. The molecule has 0 heterocycles. The third-order valence-electron chi connectivity index (χ3n) is 6.36. The number of hydrogen-bond donors (Lipinski definition) is 4. The first-order valence-corrected chi connectivity index (χ1v) is 11.8. The monoisotopic (exact) mass is 481 g/mol. The maximum atomic E-state index is 14.0. The SMILES string of the molecule is C=CCc1cc(C)c(NC(=O)Nc2cc(F)ccc2C(=O)NC(C(=O)O)C2CCCCC2)c(C)c1. The summed E-state index contributed by atoms with van der Waals surface area (Å²) in [7, 11) is 0. The Labute approximate surface area is 204 Å². The molecule has 1 saturated carbocycles. The van der Waals surface area contributed by atoms with Crippen molar-refractivity contribution in [3.63, 3.8) is 0 Å². The average molecular weight is 482 g/mol. The van der Waals surface area contributed by atoms with Gasteiger partial charge in [0.25, 0.3) is 5.91 Å². The summed E-state index contributed by atoms with van der Waals surface area (Å²) in [6, 6.07) is 5.58. The van der Waals surface area contributed by atoms with Crippen LogP contribution in [0.1, 0.15) is 59.2 Å². The highest BCUT2D eigenvalue weighted by molar-refractivity contribution is 6.07. The van der Waals surface area contributed by atoms with Crippen LogP contribution in [-0.4, -0.2) is 29.1 Å². The molecule has 0 aromatic heterocycles. The lowest BCUT2D eigenvalue weighted by Gasteiger charge is -2.28. The van der Waals surface area contributed by atoms with Crippen molar-refractivity contribution < 1.29 is 23.9 Å². The molecule has 3 rings (SSSR count). The van der Waals surface area contributed by atoms with Gasteiger partial charge >= 0.3 is 12.0 Å². The molecule has 2 aromatic carbocycles. The molecular weight excluding hydrogens is 449 g/mol. The van der Waals surface area contributed by atoms with E-state index < -0.39 is 29.8 Å². The third-order valence-corrected chi connectivity index (χ3v) is 6.36. The lowest BCUT2D eigenvalue weighted by atomic mass is 9.84. The fourth-order valence-electron chi connectivity index (χ4n) is 4.69. The van der Waals surface area contributed by atoms with Gasteiger partial charge in [0.2, 0.25) is 0 Å². The molecule has 4 N–H and O–H groups in total. The second kappa shape index (κ2) is 11.6. The van der Waals surface area contributed by atoms with Crippen LogP contribution in [0.25, 0.3) is 0 Å². The van der Waals surface area contributed by atoms with Gasteiger partial charge in [0.05, 0.1) is 11.3 Å². The van der Waals surface area contributed by atoms with Crippen molar-refractivity contribution in [2.45, 2.75) is 58.4 Å². The van der Waals surface area contributed by atoms with E-state index in [1.807, 2.05) is 26.0 Å². The van der Waals surface area contributed by atoms with E-state index in [2.05, 4.69) is 22.5 Å². The van der Waals surface area contributed by atoms with Crippen molar-refractivity contribution in [3.8, 4) is 0 Å². The zero-order valence-corrected chi connectivity index (χ0v) is 20.1. The molecule has 1 aliphatic carbocycles. The van der Waals surface area contributed by atoms with E-state index in [1.54, 1.807) is 6.08 Å². The Morgan fingerprint density at radius 2 is 1.74 bits per heavy atom. The van der Waals surface area contributed by atoms with Crippen LogP contribution in [-0.2, 0) is 11.2 Å². The molecule has 1 fully saturated rings. The van der Waals surface area contributed by atoms with E-state index >= 15 is 0 Å². The molecule has 1 aliphatic rings. The number of allylic oxidation sites excluding steroid dienone is 1. The standard InChI is InChI=1S/C27H32FN3O4/c1-4-8-18-13-16(2)23(17(3)14-18)31-27(35)29-22-15-20(28)11-12-21(22)25(32)30-24(26(33)34)19-9-6-5-7-10-19/h4,11-15,19,24H,1,5-10H2,2-3H3,(H,30,32)(H,33,34)(H2,29,31,35). The lowest BCUT2D eigenvalue weighted by Crippen LogP contribution is -2.46. The molecule has 0 spiro atoms. The van der Waals surface area contributed by atoms with Crippen LogP contribution in [0.4, 0.5) is 20.6 Å². The summed E-state index contributed by atoms with van der Waals surface area (Å²) in [6.07, 6.45) is 6.83. The van der Waals surface area contributed by atoms with E-state index in [9.17, 15) is 23.9 Å². The Morgan fingerprint density at radius 3 is 2.34 bits per heavy atom. The van der Waals surface area contributed by atoms with Gasteiger partial charge in [-0.05, 0) is 73.9 Å². The molecule has 1 unspecified atom stereocenters. The number of carboxylic acids is 1. The number of urea groups is 1. The van der Waals surface area contributed by atoms with Gasteiger partial charge in [0.1, 0.15) is 11.9 Å². The predicted molar refractivity (Wildman–Crippen MR) is 134 cm³/mol. The van der Waals surface area contributed by atoms with Crippen LogP contribution in [0, 0.1) is 25.6 Å². The maximum absolute atomic E-state index is 14.0. The number of halogens is 1. The number of nitrogens with one attached hydrogen (secondary N) is 3. The number of carboxylic acid groups (broad SMARTS) is 1. The van der Waals surface area contributed by atoms with Gasteiger partial charge in [0, 0.05) is 5.69 Å². The summed E-state index contributed by atoms with van der Waals surface area (Å²) in [4.78, 5) is 37.6. The van der Waals surface area contributed by atoms with Crippen molar-refractivity contribution in [2.24, 2.45) is 5.92 Å². The first-order valence-electron chi connectivity index (χ1n) is 11.8. The first kappa shape index (κ1) is 25.9. The molecule has 7 nitrogen and oxygen atoms in total. The minimum absolute atomic E-state index is 0.0154. The highest BCUT2D eigenvalue weighted by Gasteiger charge is 2.31. The molecular formula is C27H32FN3O4. The number of carbonyl (C=O) groups is 3. The van der Waals surface area contributed by atoms with Gasteiger partial charge < -0.3 is 21.1 Å². The number of amides is 3. The van der Waals surface area contributed by atoms with Crippen molar-refractivity contribution in [2.75, 3.05) is 10.6 Å². The van der Waals surface area contributed by atoms with Gasteiger partial charge in [-0.3, -0.25) is 4.79 Å². The summed E-state index contributed by atoms with van der Waals surface area (Å²) >= 11 is 0. The summed E-state index contributed by atoms with van der Waals surface area (Å²) in [5.41, 5.74) is 3.32. The van der Waals surface area contributed by atoms with Gasteiger partial charge in [-0.1, -0.05) is 37.5 Å². The number of aliphatic carboxylic acids is 1. The van der Waals surface area contributed by atoms with Gasteiger partial charge in [-0.2, -0.15) is 0 Å². The van der Waals surface area contributed by atoms with E-state index in [1.165, 1.54) is 6.07 Å². The van der Waals surface area contributed by atoms with Crippen molar-refractivity contribution in [1.82, 2.24) is 5.32 Å². The number of carbonyl (C=O) groups excluding carboxylic acids is 2. The summed E-state index contributed by atoms with van der Waals surface area (Å²) < 4.78 is 14.0. The Kier molecular flexibility index (Phi) is 8.63. The second-order valence-electron chi connectivity index (χ2n) is 9.05. The van der Waals surface area contributed by atoms with E-state index in [4.69, 9.17) is 0 Å². The number of hydrogen-bond acceptors (Lipinski definition) is 3. The highest BCUT2D eigenvalue weighted by atomic mass is 19.1. The highest BCUT2D eigenvalue weighted by Crippen LogP contribution is 2.28. The maximum Gasteiger partial charge on any atom is 0.326 e. The smallest absolute Gasteiger partial charge is 0.326 e. The minimum atomic E-state index is -1.11. The van der Waals surface area contributed by atoms with Crippen LogP contribution >= 0.6 is 0 Å². The Hall–Kier alpha value is -3.68. The van der Waals surface area contributed by atoms with E-state index in [-0.39, 0.29) is 17.2 Å². The van der Waals surface area contributed by atoms with Crippen LogP contribution in [0.3, 0.4) is 0 Å². The van der Waals surface area contributed by atoms with Crippen molar-refractivity contribution in [3.05, 3.63) is 71.1 Å². The number of aryl methyl sites for hydroxylation is 2. The molecule has 186 valence electrons. The number of benzene rings is 2. The Balaban J connectivity index is 1.78. The Morgan fingerprint density at radius 1 is 1.09 bits per heavy atom. The topological polar surface area (TPSA) is 108 Å². The Bertz CT molecular complexity index is 1100. The van der Waals surface area contributed by atoms with Gasteiger partial charge in [0.15, 0.2) is 0 Å². The fraction of sp³-hybridized carbons (Fsp3) is 0.370. The zero-order chi connectivity index (χ0) is 25.5. The third kappa shape index (κ3) is 6.68.